The Bertz CT molecular complexity index is 384. The Morgan fingerprint density at radius 1 is 0.760 bits per heavy atom. The summed E-state index contributed by atoms with van der Waals surface area (Å²) in [4.78, 5) is 0. The Kier molecular flexibility index (Phi) is 13.7. The molecule has 0 aliphatic carbocycles. The third-order valence-corrected chi connectivity index (χ3v) is 5.98. The van der Waals surface area contributed by atoms with Crippen LogP contribution in [0.25, 0.3) is 0 Å². The Labute approximate surface area is 222 Å². The molecule has 0 bridgehead atoms. The van der Waals surface area contributed by atoms with Crippen LogP contribution in [0.4, 0.5) is 0 Å². The molecule has 0 spiro atoms. The number of aliphatic hydroxyl groups is 3. The topological polar surface area (TPSA) is 88.4 Å². The average molecular weight is 786 g/mol. The first-order valence-electron chi connectivity index (χ1n) is 8.67. The second-order valence-corrected chi connectivity index (χ2v) is 7.32. The van der Waals surface area contributed by atoms with Gasteiger partial charge in [-0.25, -0.2) is 0 Å². The summed E-state index contributed by atoms with van der Waals surface area (Å²) in [5.41, 5.74) is 0. The van der Waals surface area contributed by atoms with E-state index in [4.69, 9.17) is 14.2 Å². The van der Waals surface area contributed by atoms with Gasteiger partial charge in [-0.3, -0.25) is 0 Å². The monoisotopic (exact) mass is 786 g/mol. The molecule has 10 atom stereocenters. The maximum absolute atomic E-state index is 10.2. The van der Waals surface area contributed by atoms with Gasteiger partial charge in [0.05, 0.1) is 31.5 Å². The molecule has 2 saturated heterocycles. The van der Waals surface area contributed by atoms with E-state index in [2.05, 4.69) is 13.8 Å². The van der Waals surface area contributed by atoms with Gasteiger partial charge in [0, 0.05) is 94.0 Å². The Balaban J connectivity index is 0.00000288. The van der Waals surface area contributed by atoms with Gasteiger partial charge in [-0.1, -0.05) is 27.7 Å². The minimum absolute atomic E-state index is 0. The SMILES string of the molecule is CC1[C@H](O[C@H]2C(CO)O[C@@H](C)C(C)[C@H]2C)OC(CO)[C@H](O)[C@@H]1C.[Ac].[Ac]. The molecule has 6 nitrogen and oxygen atoms in total. The van der Waals surface area contributed by atoms with Crippen LogP contribution in [-0.4, -0.2) is 65.3 Å². The Morgan fingerprint density at radius 2 is 1.32 bits per heavy atom. The van der Waals surface area contributed by atoms with E-state index in [-0.39, 0.29) is 137 Å². The molecule has 3 N–H and O–H groups in total. The first kappa shape index (κ1) is 27.6. The molecule has 2 heterocycles. The van der Waals surface area contributed by atoms with Gasteiger partial charge in [0.15, 0.2) is 6.29 Å². The van der Waals surface area contributed by atoms with Gasteiger partial charge >= 0.3 is 0 Å². The zero-order chi connectivity index (χ0) is 17.3. The summed E-state index contributed by atoms with van der Waals surface area (Å²) in [5.74, 6) is 0.448. The van der Waals surface area contributed by atoms with Gasteiger partial charge in [-0.2, -0.15) is 0 Å². The van der Waals surface area contributed by atoms with Gasteiger partial charge in [0.2, 0.25) is 0 Å². The summed E-state index contributed by atoms with van der Waals surface area (Å²) < 4.78 is 17.9. The van der Waals surface area contributed by atoms with E-state index in [1.165, 1.54) is 0 Å². The minimum Gasteiger partial charge on any atom is -0.394 e. The van der Waals surface area contributed by atoms with Gasteiger partial charge in [-0.15, -0.1) is 0 Å². The third-order valence-electron chi connectivity index (χ3n) is 5.98. The van der Waals surface area contributed by atoms with E-state index >= 15 is 0 Å². The Hall–Kier alpha value is 2.64. The predicted molar refractivity (Wildman–Crippen MR) is 84.7 cm³/mol. The van der Waals surface area contributed by atoms with E-state index in [1.807, 2.05) is 20.8 Å². The van der Waals surface area contributed by atoms with Gasteiger partial charge in [0.25, 0.3) is 0 Å². The Morgan fingerprint density at radius 3 is 1.84 bits per heavy atom. The zero-order valence-corrected chi connectivity index (χ0v) is 25.4. The summed E-state index contributed by atoms with van der Waals surface area (Å²) in [7, 11) is 0. The molecule has 8 heteroatoms. The second kappa shape index (κ2) is 12.4. The van der Waals surface area contributed by atoms with Crippen molar-refractivity contribution in [3.63, 3.8) is 0 Å². The molecule has 2 aliphatic heterocycles. The van der Waals surface area contributed by atoms with Gasteiger partial charge in [0.1, 0.15) is 12.2 Å². The number of ether oxygens (including phenoxy) is 3. The van der Waals surface area contributed by atoms with Gasteiger partial charge < -0.3 is 29.5 Å². The molecule has 0 saturated carbocycles. The molecule has 0 amide bonds. The van der Waals surface area contributed by atoms with Crippen molar-refractivity contribution < 1.29 is 118 Å². The molecule has 0 aromatic heterocycles. The fourth-order valence-corrected chi connectivity index (χ4v) is 3.64. The quantitative estimate of drug-likeness (QED) is 0.391. The van der Waals surface area contributed by atoms with Gasteiger partial charge in [-0.05, 0) is 24.7 Å². The van der Waals surface area contributed by atoms with Crippen LogP contribution in [0.15, 0.2) is 0 Å². The number of aliphatic hydroxyl groups excluding tert-OH is 3. The van der Waals surface area contributed by atoms with Crippen LogP contribution in [0.3, 0.4) is 0 Å². The van der Waals surface area contributed by atoms with E-state index in [9.17, 15) is 15.3 Å². The summed E-state index contributed by atoms with van der Waals surface area (Å²) in [6.45, 7) is 9.80. The third kappa shape index (κ3) is 6.31. The van der Waals surface area contributed by atoms with Crippen molar-refractivity contribution in [3.05, 3.63) is 0 Å². The summed E-state index contributed by atoms with van der Waals surface area (Å²) >= 11 is 0. The molecule has 2 fully saturated rings. The van der Waals surface area contributed by atoms with Crippen molar-refractivity contribution in [1.82, 2.24) is 0 Å². The molecule has 0 aromatic carbocycles. The van der Waals surface area contributed by atoms with E-state index < -0.39 is 18.5 Å². The number of rotatable bonds is 4. The molecule has 25 heavy (non-hydrogen) atoms. The van der Waals surface area contributed by atoms with E-state index in [0.29, 0.717) is 5.92 Å². The summed E-state index contributed by atoms with van der Waals surface area (Å²) in [6.07, 6.45) is -2.48. The molecule has 142 valence electrons. The summed E-state index contributed by atoms with van der Waals surface area (Å²) in [5, 5.41) is 29.2. The molecule has 4 unspecified atom stereocenters. The largest absolute Gasteiger partial charge is 0.394 e. The van der Waals surface area contributed by atoms with E-state index in [0.717, 1.165) is 0 Å². The molecule has 0 aromatic rings. The van der Waals surface area contributed by atoms with Crippen molar-refractivity contribution in [2.75, 3.05) is 13.2 Å². The normalized spacial score (nSPS) is 47.5. The molecular weight excluding hydrogens is 754 g/mol. The van der Waals surface area contributed by atoms with Crippen LogP contribution in [0.2, 0.25) is 0 Å². The van der Waals surface area contributed by atoms with Crippen LogP contribution in [0.5, 0.6) is 0 Å². The fraction of sp³-hybridized carbons (Fsp3) is 1.00. The zero-order valence-electron chi connectivity index (χ0n) is 15.9. The molecule has 2 radical (unpaired) electrons. The first-order valence-corrected chi connectivity index (χ1v) is 8.67. The minimum atomic E-state index is -0.706. The summed E-state index contributed by atoms with van der Waals surface area (Å²) in [6, 6.07) is 0. The average Bonchev–Trinajstić information content (AvgIpc) is 2.55. The maximum Gasteiger partial charge on any atom is 0.161 e. The molecular formula is C17H32Ac2O6. The van der Waals surface area contributed by atoms with Crippen LogP contribution >= 0.6 is 0 Å². The van der Waals surface area contributed by atoms with Crippen LogP contribution in [0.1, 0.15) is 34.6 Å². The van der Waals surface area contributed by atoms with Crippen molar-refractivity contribution in [2.45, 2.75) is 71.4 Å². The van der Waals surface area contributed by atoms with Crippen molar-refractivity contribution in [3.8, 4) is 0 Å². The second-order valence-electron chi connectivity index (χ2n) is 7.32. The van der Waals surface area contributed by atoms with Crippen LogP contribution in [0, 0.1) is 112 Å². The number of hydrogen-bond acceptors (Lipinski definition) is 6. The van der Waals surface area contributed by atoms with Crippen LogP contribution in [-0.2, 0) is 14.2 Å². The van der Waals surface area contributed by atoms with Crippen molar-refractivity contribution in [2.24, 2.45) is 23.7 Å². The fourth-order valence-electron chi connectivity index (χ4n) is 3.64. The van der Waals surface area contributed by atoms with Crippen molar-refractivity contribution >= 4 is 0 Å². The first-order chi connectivity index (χ1) is 10.8. The standard InChI is InChI=1S/C17H32O6.2Ac/c1-8-10(3)16(14(7-19)21-12(8)5)23-17-11(4)9(2)15(20)13(6-18)22-17;;/h8-20H,6-7H2,1-5H3;;/t8?,9-,10-,11?,12+,13?,14?,15-,16-,17+;;/m1../s1. The molecule has 2 aliphatic rings. The number of hydrogen-bond donors (Lipinski definition) is 3. The smallest absolute Gasteiger partial charge is 0.161 e. The van der Waals surface area contributed by atoms with E-state index in [1.54, 1.807) is 0 Å². The predicted octanol–water partition coefficient (Wildman–Crippen LogP) is 0.774. The van der Waals surface area contributed by atoms with Crippen molar-refractivity contribution in [1.29, 1.82) is 0 Å². The maximum atomic E-state index is 10.2. The molecule has 2 rings (SSSR count). The van der Waals surface area contributed by atoms with Crippen LogP contribution < -0.4 is 0 Å².